The average Bonchev–Trinajstić information content (AvgIpc) is 3.02. The first-order chi connectivity index (χ1) is 14.0. The van der Waals surface area contributed by atoms with E-state index < -0.39 is 0 Å². The van der Waals surface area contributed by atoms with Gasteiger partial charge in [0, 0.05) is 24.8 Å². The summed E-state index contributed by atoms with van der Waals surface area (Å²) in [6, 6.07) is 6.29. The highest BCUT2D eigenvalue weighted by molar-refractivity contribution is 6.18. The number of nitrogens with zero attached hydrogens (tertiary/aromatic N) is 1. The van der Waals surface area contributed by atoms with Crippen molar-refractivity contribution >= 4 is 29.3 Å². The van der Waals surface area contributed by atoms with E-state index in [0.717, 1.165) is 24.2 Å². The van der Waals surface area contributed by atoms with Crippen molar-refractivity contribution in [2.24, 2.45) is 23.2 Å². The lowest BCUT2D eigenvalue weighted by Gasteiger charge is -2.50. The van der Waals surface area contributed by atoms with Gasteiger partial charge in [-0.1, -0.05) is 19.9 Å². The van der Waals surface area contributed by atoms with Gasteiger partial charge in [-0.05, 0) is 90.9 Å². The Morgan fingerprint density at radius 1 is 1.17 bits per heavy atom. The van der Waals surface area contributed by atoms with Crippen LogP contribution in [0.5, 0.6) is 5.75 Å². The van der Waals surface area contributed by atoms with Crippen molar-refractivity contribution in [2.75, 3.05) is 24.8 Å². The van der Waals surface area contributed by atoms with E-state index in [4.69, 9.17) is 27.9 Å². The summed E-state index contributed by atoms with van der Waals surface area (Å²) in [5, 5.41) is 0. The average molecular weight is 438 g/mol. The smallest absolute Gasteiger partial charge is 0.410 e. The Bertz CT molecular complexity index is 748. The number of halogens is 2. The van der Waals surface area contributed by atoms with Crippen LogP contribution in [0.1, 0.15) is 63.0 Å². The summed E-state index contributed by atoms with van der Waals surface area (Å²) in [6.45, 7) is 5.91. The molecule has 0 N–H and O–H groups in total. The highest BCUT2D eigenvalue weighted by Crippen LogP contribution is 2.62. The van der Waals surface area contributed by atoms with Crippen LogP contribution in [-0.4, -0.2) is 35.8 Å². The van der Waals surface area contributed by atoms with Gasteiger partial charge in [-0.25, -0.2) is 4.79 Å². The predicted molar refractivity (Wildman–Crippen MR) is 119 cm³/mol. The molecule has 0 saturated heterocycles. The maximum absolute atomic E-state index is 12.5. The second-order valence-electron chi connectivity index (χ2n) is 9.53. The molecule has 1 aromatic carbocycles. The minimum atomic E-state index is -0.367. The number of rotatable bonds is 5. The quantitative estimate of drug-likeness (QED) is 0.494. The molecule has 0 aliphatic heterocycles. The Labute approximate surface area is 185 Å². The van der Waals surface area contributed by atoms with Crippen LogP contribution >= 0.6 is 23.2 Å². The molecule has 0 heterocycles. The summed E-state index contributed by atoms with van der Waals surface area (Å²) in [5.41, 5.74) is 3.41. The number of hydrogen-bond donors (Lipinski definition) is 0. The van der Waals surface area contributed by atoms with E-state index in [-0.39, 0.29) is 6.09 Å². The number of ether oxygens (including phenoxy) is 1. The van der Waals surface area contributed by atoms with Crippen LogP contribution in [-0.2, 0) is 6.42 Å². The molecule has 0 unspecified atom stereocenters. The number of carbonyl (C=O) groups excluding carboxylic acids is 1. The molecule has 3 aliphatic rings. The molecule has 1 amide bonds. The number of hydrogen-bond acceptors (Lipinski definition) is 2. The zero-order valence-corrected chi connectivity index (χ0v) is 19.1. The first-order valence-corrected chi connectivity index (χ1v) is 12.3. The third-order valence-electron chi connectivity index (χ3n) is 8.34. The molecule has 0 radical (unpaired) electrons. The van der Waals surface area contributed by atoms with Gasteiger partial charge in [0.15, 0.2) is 0 Å². The van der Waals surface area contributed by atoms with Crippen molar-refractivity contribution in [1.29, 1.82) is 0 Å². The molecule has 1 aromatic rings. The van der Waals surface area contributed by atoms with Crippen LogP contribution < -0.4 is 4.74 Å². The largest absolute Gasteiger partial charge is 0.415 e. The van der Waals surface area contributed by atoms with Gasteiger partial charge in [0.1, 0.15) is 5.75 Å². The Balaban J connectivity index is 1.49. The number of alkyl halides is 2. The van der Waals surface area contributed by atoms with Crippen molar-refractivity contribution in [1.82, 2.24) is 4.90 Å². The molecule has 29 heavy (non-hydrogen) atoms. The first-order valence-electron chi connectivity index (χ1n) is 11.2. The zero-order valence-electron chi connectivity index (χ0n) is 17.6. The lowest BCUT2D eigenvalue weighted by atomic mass is 9.54. The second-order valence-corrected chi connectivity index (χ2v) is 10.3. The fourth-order valence-corrected chi connectivity index (χ4v) is 6.96. The Morgan fingerprint density at radius 3 is 2.66 bits per heavy atom. The van der Waals surface area contributed by atoms with Gasteiger partial charge in [-0.2, -0.15) is 0 Å². The summed E-state index contributed by atoms with van der Waals surface area (Å²) < 4.78 is 5.65. The summed E-state index contributed by atoms with van der Waals surface area (Å²) in [5.74, 6) is 4.62. The molecular formula is C24H33Cl2NO2. The molecule has 0 bridgehead atoms. The van der Waals surface area contributed by atoms with E-state index >= 15 is 0 Å². The third-order valence-corrected chi connectivity index (χ3v) is 8.68. The van der Waals surface area contributed by atoms with Crippen molar-refractivity contribution < 1.29 is 9.53 Å². The molecule has 0 spiro atoms. The number of aryl methyl sites for hydroxylation is 1. The van der Waals surface area contributed by atoms with Crippen molar-refractivity contribution in [3.63, 3.8) is 0 Å². The molecule has 5 atom stereocenters. The number of fused-ring (bicyclic) bond motifs is 5. The van der Waals surface area contributed by atoms with Crippen molar-refractivity contribution in [3.05, 3.63) is 29.3 Å². The van der Waals surface area contributed by atoms with E-state index in [0.29, 0.717) is 41.9 Å². The monoisotopic (exact) mass is 437 g/mol. The highest BCUT2D eigenvalue weighted by Gasteiger charge is 2.53. The Morgan fingerprint density at radius 2 is 1.93 bits per heavy atom. The summed E-state index contributed by atoms with van der Waals surface area (Å²) >= 11 is 11.6. The SMILES string of the molecule is C[C@H]1CC[C@H]2[C@@H]3CCc4cc(OC(=O)N(CCCl)CCCl)ccc4[C@H]3CC[C@]12C. The molecule has 0 aromatic heterocycles. The topological polar surface area (TPSA) is 29.5 Å². The molecule has 160 valence electrons. The summed E-state index contributed by atoms with van der Waals surface area (Å²) in [4.78, 5) is 14.0. The first kappa shape index (κ1) is 21.3. The predicted octanol–water partition coefficient (Wildman–Crippen LogP) is 6.46. The van der Waals surface area contributed by atoms with Crippen LogP contribution in [0.25, 0.3) is 0 Å². The number of amides is 1. The lowest BCUT2D eigenvalue weighted by molar-refractivity contribution is 0.0336. The number of benzene rings is 1. The van der Waals surface area contributed by atoms with Gasteiger partial charge in [0.2, 0.25) is 0 Å². The standard InChI is InChI=1S/C24H33Cl2NO2/c1-16-3-8-22-21-6-4-17-15-18(29-23(28)27(13-11-25)14-12-26)5-7-19(17)20(21)9-10-24(16,22)2/h5,7,15-16,20-22H,3-4,6,8-14H2,1-2H3/t16-,20+,21+,22-,24+/m0/s1. The zero-order chi connectivity index (χ0) is 20.6. The minimum absolute atomic E-state index is 0.367. The van der Waals surface area contributed by atoms with E-state index in [2.05, 4.69) is 26.0 Å². The van der Waals surface area contributed by atoms with Crippen LogP contribution in [0, 0.1) is 23.2 Å². The molecular weight excluding hydrogens is 405 g/mol. The van der Waals surface area contributed by atoms with Crippen molar-refractivity contribution in [2.45, 2.75) is 58.3 Å². The van der Waals surface area contributed by atoms with E-state index in [1.807, 2.05) is 6.07 Å². The molecule has 2 saturated carbocycles. The maximum atomic E-state index is 12.5. The van der Waals surface area contributed by atoms with Crippen LogP contribution in [0.15, 0.2) is 18.2 Å². The second kappa shape index (κ2) is 8.67. The van der Waals surface area contributed by atoms with Gasteiger partial charge < -0.3 is 9.64 Å². The molecule has 4 rings (SSSR count). The van der Waals surface area contributed by atoms with Crippen LogP contribution in [0.2, 0.25) is 0 Å². The Kier molecular flexibility index (Phi) is 6.37. The van der Waals surface area contributed by atoms with Gasteiger partial charge in [0.25, 0.3) is 0 Å². The number of carbonyl (C=O) groups is 1. The lowest BCUT2D eigenvalue weighted by Crippen LogP contribution is -2.41. The molecule has 3 nitrogen and oxygen atoms in total. The maximum Gasteiger partial charge on any atom is 0.415 e. The minimum Gasteiger partial charge on any atom is -0.410 e. The molecule has 5 heteroatoms. The fourth-order valence-electron chi connectivity index (χ4n) is 6.55. The van der Waals surface area contributed by atoms with Gasteiger partial charge in [-0.15, -0.1) is 23.2 Å². The van der Waals surface area contributed by atoms with E-state index in [1.165, 1.54) is 43.2 Å². The molecule has 3 aliphatic carbocycles. The third kappa shape index (κ3) is 3.90. The highest BCUT2D eigenvalue weighted by atomic mass is 35.5. The van der Waals surface area contributed by atoms with Gasteiger partial charge >= 0.3 is 6.09 Å². The molecule has 2 fully saturated rings. The normalized spacial score (nSPS) is 32.8. The van der Waals surface area contributed by atoms with Gasteiger partial charge in [-0.3, -0.25) is 0 Å². The van der Waals surface area contributed by atoms with E-state index in [1.54, 1.807) is 4.90 Å². The van der Waals surface area contributed by atoms with Crippen molar-refractivity contribution in [3.8, 4) is 5.75 Å². The summed E-state index contributed by atoms with van der Waals surface area (Å²) in [7, 11) is 0. The van der Waals surface area contributed by atoms with Crippen LogP contribution in [0.3, 0.4) is 0 Å². The fraction of sp³-hybridized carbons (Fsp3) is 0.708. The van der Waals surface area contributed by atoms with E-state index in [9.17, 15) is 4.79 Å². The Hall–Kier alpha value is -0.930. The van der Waals surface area contributed by atoms with Gasteiger partial charge in [0.05, 0.1) is 0 Å². The van der Waals surface area contributed by atoms with Crippen LogP contribution in [0.4, 0.5) is 4.79 Å². The summed E-state index contributed by atoms with van der Waals surface area (Å²) in [6.07, 6.45) is 7.44.